The molecular formula is C19H21NO4. The van der Waals surface area contributed by atoms with E-state index in [1.54, 1.807) is 4.90 Å². The van der Waals surface area contributed by atoms with Gasteiger partial charge in [-0.15, -0.1) is 0 Å². The van der Waals surface area contributed by atoms with Crippen LogP contribution in [0, 0.1) is 0 Å². The highest BCUT2D eigenvalue weighted by Crippen LogP contribution is 2.29. The largest absolute Gasteiger partial charge is 0.394 e. The van der Waals surface area contributed by atoms with Crippen LogP contribution in [0.2, 0.25) is 0 Å². The molecule has 5 nitrogen and oxygen atoms in total. The number of amides is 1. The van der Waals surface area contributed by atoms with E-state index in [1.165, 1.54) is 0 Å². The average molecular weight is 327 g/mol. The van der Waals surface area contributed by atoms with Gasteiger partial charge in [0.2, 0.25) is 0 Å². The third kappa shape index (κ3) is 3.48. The normalized spacial score (nSPS) is 21.4. The maximum absolute atomic E-state index is 12.4. The van der Waals surface area contributed by atoms with E-state index >= 15 is 0 Å². The van der Waals surface area contributed by atoms with E-state index in [1.807, 2.05) is 60.7 Å². The van der Waals surface area contributed by atoms with Gasteiger partial charge in [0.05, 0.1) is 19.3 Å². The monoisotopic (exact) mass is 327 g/mol. The molecule has 0 spiro atoms. The van der Waals surface area contributed by atoms with Crippen LogP contribution in [0.25, 0.3) is 0 Å². The molecule has 24 heavy (non-hydrogen) atoms. The number of likely N-dealkylation sites (tertiary alicyclic amines) is 1. The number of nitrogens with zero attached hydrogens (tertiary/aromatic N) is 1. The lowest BCUT2D eigenvalue weighted by Gasteiger charge is -2.48. The van der Waals surface area contributed by atoms with Gasteiger partial charge in [0.15, 0.2) is 6.10 Å². The molecule has 2 aromatic rings. The fourth-order valence-corrected chi connectivity index (χ4v) is 2.95. The first-order chi connectivity index (χ1) is 11.7. The first kappa shape index (κ1) is 16.6. The van der Waals surface area contributed by atoms with Gasteiger partial charge in [-0.3, -0.25) is 4.79 Å². The molecular weight excluding hydrogens is 306 g/mol. The molecule has 1 amide bonds. The topological polar surface area (TPSA) is 70.0 Å². The lowest BCUT2D eigenvalue weighted by Crippen LogP contribution is -2.69. The Morgan fingerprint density at radius 2 is 1.58 bits per heavy atom. The molecule has 1 aliphatic rings. The van der Waals surface area contributed by atoms with Crippen LogP contribution in [0.15, 0.2) is 60.7 Å². The molecule has 2 N–H and O–H groups in total. The fraction of sp³-hybridized carbons (Fsp3) is 0.316. The Balaban J connectivity index is 1.67. The SMILES string of the molecule is O=C1[C@H](OCc2ccccc2)[C@H]([C@H](O)CO)N1Cc1ccccc1. The molecule has 0 unspecified atom stereocenters. The van der Waals surface area contributed by atoms with Crippen LogP contribution >= 0.6 is 0 Å². The third-order valence-corrected chi connectivity index (χ3v) is 4.25. The summed E-state index contributed by atoms with van der Waals surface area (Å²) in [5.74, 6) is -0.160. The number of hydrogen-bond donors (Lipinski definition) is 2. The number of carbonyl (C=O) groups excluding carboxylic acids is 1. The Morgan fingerprint density at radius 3 is 2.17 bits per heavy atom. The van der Waals surface area contributed by atoms with E-state index in [9.17, 15) is 15.0 Å². The zero-order chi connectivity index (χ0) is 16.9. The summed E-state index contributed by atoms with van der Waals surface area (Å²) < 4.78 is 5.72. The van der Waals surface area contributed by atoms with Crippen LogP contribution in [-0.2, 0) is 22.7 Å². The Bertz CT molecular complexity index is 662. The third-order valence-electron chi connectivity index (χ3n) is 4.25. The Morgan fingerprint density at radius 1 is 1.00 bits per heavy atom. The van der Waals surface area contributed by atoms with Crippen molar-refractivity contribution in [2.75, 3.05) is 6.61 Å². The minimum absolute atomic E-state index is 0.160. The number of aliphatic hydroxyl groups is 2. The number of benzene rings is 2. The van der Waals surface area contributed by atoms with Gasteiger partial charge in [-0.25, -0.2) is 0 Å². The van der Waals surface area contributed by atoms with E-state index < -0.39 is 24.9 Å². The molecule has 0 radical (unpaired) electrons. The molecule has 1 saturated heterocycles. The van der Waals surface area contributed by atoms with E-state index in [0.717, 1.165) is 11.1 Å². The van der Waals surface area contributed by atoms with Crippen LogP contribution in [0.5, 0.6) is 0 Å². The van der Waals surface area contributed by atoms with Crippen molar-refractivity contribution in [1.29, 1.82) is 0 Å². The van der Waals surface area contributed by atoms with Crippen LogP contribution < -0.4 is 0 Å². The van der Waals surface area contributed by atoms with Gasteiger partial charge in [-0.05, 0) is 11.1 Å². The quantitative estimate of drug-likeness (QED) is 0.753. The van der Waals surface area contributed by atoms with Crippen molar-refractivity contribution in [3.05, 3.63) is 71.8 Å². The molecule has 1 heterocycles. The van der Waals surface area contributed by atoms with Crippen LogP contribution in [0.4, 0.5) is 0 Å². The molecule has 3 rings (SSSR count). The lowest BCUT2D eigenvalue weighted by molar-refractivity contribution is -0.190. The van der Waals surface area contributed by atoms with Crippen LogP contribution in [0.1, 0.15) is 11.1 Å². The molecule has 3 atom stereocenters. The summed E-state index contributed by atoms with van der Waals surface area (Å²) in [5, 5.41) is 19.4. The predicted octanol–water partition coefficient (Wildman–Crippen LogP) is 1.34. The Hall–Kier alpha value is -2.21. The molecule has 126 valence electrons. The highest BCUT2D eigenvalue weighted by Gasteiger charge is 2.51. The zero-order valence-corrected chi connectivity index (χ0v) is 13.3. The van der Waals surface area contributed by atoms with Gasteiger partial charge in [-0.2, -0.15) is 0 Å². The molecule has 0 aromatic heterocycles. The molecule has 1 fully saturated rings. The molecule has 1 aliphatic heterocycles. The summed E-state index contributed by atoms with van der Waals surface area (Å²) in [6.07, 6.45) is -1.75. The van der Waals surface area contributed by atoms with E-state index in [0.29, 0.717) is 13.2 Å². The minimum atomic E-state index is -1.02. The van der Waals surface area contributed by atoms with Gasteiger partial charge >= 0.3 is 0 Å². The fourth-order valence-electron chi connectivity index (χ4n) is 2.95. The Kier molecular flexibility index (Phi) is 5.25. The van der Waals surface area contributed by atoms with Crippen LogP contribution in [0.3, 0.4) is 0 Å². The van der Waals surface area contributed by atoms with Crippen molar-refractivity contribution in [2.24, 2.45) is 0 Å². The zero-order valence-electron chi connectivity index (χ0n) is 13.3. The Labute approximate surface area is 141 Å². The van der Waals surface area contributed by atoms with Crippen molar-refractivity contribution in [3.63, 3.8) is 0 Å². The first-order valence-electron chi connectivity index (χ1n) is 7.99. The van der Waals surface area contributed by atoms with Gasteiger partial charge < -0.3 is 19.8 Å². The van der Waals surface area contributed by atoms with Gasteiger partial charge in [0.1, 0.15) is 6.10 Å². The van der Waals surface area contributed by atoms with E-state index in [2.05, 4.69) is 0 Å². The number of β-lactam (4-membered cyclic amide) rings is 1. The second-order valence-electron chi connectivity index (χ2n) is 5.91. The van der Waals surface area contributed by atoms with Crippen molar-refractivity contribution in [2.45, 2.75) is 31.4 Å². The van der Waals surface area contributed by atoms with Crippen LogP contribution in [-0.4, -0.2) is 45.9 Å². The summed E-state index contributed by atoms with van der Waals surface area (Å²) in [4.78, 5) is 14.0. The first-order valence-corrected chi connectivity index (χ1v) is 7.99. The molecule has 0 saturated carbocycles. The maximum Gasteiger partial charge on any atom is 0.254 e. The highest BCUT2D eigenvalue weighted by molar-refractivity contribution is 5.88. The van der Waals surface area contributed by atoms with Gasteiger partial charge in [0.25, 0.3) is 5.91 Å². The highest BCUT2D eigenvalue weighted by atomic mass is 16.5. The maximum atomic E-state index is 12.4. The summed E-state index contributed by atoms with van der Waals surface area (Å²) in [7, 11) is 0. The number of carbonyl (C=O) groups is 1. The number of ether oxygens (including phenoxy) is 1. The molecule has 2 aromatic carbocycles. The van der Waals surface area contributed by atoms with Crippen molar-refractivity contribution < 1.29 is 19.7 Å². The van der Waals surface area contributed by atoms with Crippen molar-refractivity contribution in [3.8, 4) is 0 Å². The lowest BCUT2D eigenvalue weighted by atomic mass is 9.91. The number of aliphatic hydroxyl groups excluding tert-OH is 2. The standard InChI is InChI=1S/C19H21NO4/c21-12-16(22)17-18(24-13-15-9-5-2-6-10-15)19(23)20(17)11-14-7-3-1-4-8-14/h1-10,16-18,21-22H,11-13H2/t16-,17+,18-/m1/s1. The van der Waals surface area contributed by atoms with Gasteiger partial charge in [0, 0.05) is 6.54 Å². The molecule has 5 heteroatoms. The molecule has 0 aliphatic carbocycles. The molecule has 0 bridgehead atoms. The summed E-state index contributed by atoms with van der Waals surface area (Å²) in [6, 6.07) is 18.6. The van der Waals surface area contributed by atoms with Crippen molar-refractivity contribution in [1.82, 2.24) is 4.90 Å². The number of hydrogen-bond acceptors (Lipinski definition) is 4. The smallest absolute Gasteiger partial charge is 0.254 e. The summed E-state index contributed by atoms with van der Waals surface area (Å²) in [5.41, 5.74) is 1.94. The summed E-state index contributed by atoms with van der Waals surface area (Å²) in [6.45, 7) is 0.284. The second kappa shape index (κ2) is 7.57. The summed E-state index contributed by atoms with van der Waals surface area (Å²) >= 11 is 0. The number of rotatable bonds is 7. The van der Waals surface area contributed by atoms with Gasteiger partial charge in [-0.1, -0.05) is 60.7 Å². The average Bonchev–Trinajstić information content (AvgIpc) is 2.64. The minimum Gasteiger partial charge on any atom is -0.394 e. The van der Waals surface area contributed by atoms with E-state index in [-0.39, 0.29) is 5.91 Å². The van der Waals surface area contributed by atoms with Crippen molar-refractivity contribution >= 4 is 5.91 Å². The predicted molar refractivity (Wildman–Crippen MR) is 88.9 cm³/mol. The second-order valence-corrected chi connectivity index (χ2v) is 5.91. The van der Waals surface area contributed by atoms with E-state index in [4.69, 9.17) is 4.74 Å².